The van der Waals surface area contributed by atoms with Crippen LogP contribution in [0.3, 0.4) is 0 Å². The van der Waals surface area contributed by atoms with Gasteiger partial charge in [-0.3, -0.25) is 0 Å². The fourth-order valence-corrected chi connectivity index (χ4v) is 2.00. The number of anilines is 3. The summed E-state index contributed by atoms with van der Waals surface area (Å²) in [5, 5.41) is 12.7. The van der Waals surface area contributed by atoms with Crippen molar-refractivity contribution in [2.45, 2.75) is 0 Å². The molecule has 0 atom stereocenters. The summed E-state index contributed by atoms with van der Waals surface area (Å²) >= 11 is 0. The molecule has 0 amide bonds. The fourth-order valence-electron chi connectivity index (χ4n) is 2.00. The molecule has 0 fully saturated rings. The molecular formula is C15H10FN5. The molecule has 0 saturated carbocycles. The Balaban J connectivity index is 2.06. The van der Waals surface area contributed by atoms with Crippen molar-refractivity contribution in [3.8, 4) is 6.07 Å². The van der Waals surface area contributed by atoms with Crippen molar-refractivity contribution in [2.75, 3.05) is 11.1 Å². The van der Waals surface area contributed by atoms with Gasteiger partial charge in [-0.15, -0.1) is 0 Å². The summed E-state index contributed by atoms with van der Waals surface area (Å²) in [5.74, 6) is -0.0114. The van der Waals surface area contributed by atoms with Crippen LogP contribution in [0.5, 0.6) is 0 Å². The summed E-state index contributed by atoms with van der Waals surface area (Å²) in [7, 11) is 0. The summed E-state index contributed by atoms with van der Waals surface area (Å²) in [6.45, 7) is 0. The fraction of sp³-hybridized carbons (Fsp3) is 0. The van der Waals surface area contributed by atoms with Crippen molar-refractivity contribution in [2.24, 2.45) is 0 Å². The Morgan fingerprint density at radius 3 is 2.81 bits per heavy atom. The van der Waals surface area contributed by atoms with Crippen LogP contribution < -0.4 is 11.1 Å². The van der Waals surface area contributed by atoms with Gasteiger partial charge in [0.2, 0.25) is 0 Å². The van der Waals surface area contributed by atoms with E-state index in [1.807, 2.05) is 0 Å². The standard InChI is InChI=1S/C15H10FN5/c16-13-3-2-11(5-9(13)7-17)21-15-12-6-10(18)1-4-14(12)19-8-20-15/h1-6,8H,18H2,(H,19,20,21). The largest absolute Gasteiger partial charge is 0.399 e. The van der Waals surface area contributed by atoms with Crippen molar-refractivity contribution >= 4 is 28.1 Å². The lowest BCUT2D eigenvalue weighted by Gasteiger charge is -2.09. The zero-order valence-electron chi connectivity index (χ0n) is 10.8. The number of fused-ring (bicyclic) bond motifs is 1. The number of aromatic nitrogens is 2. The van der Waals surface area contributed by atoms with Crippen LogP contribution in [0, 0.1) is 17.1 Å². The molecule has 21 heavy (non-hydrogen) atoms. The second-order valence-corrected chi connectivity index (χ2v) is 4.43. The number of nitrogens with zero attached hydrogens (tertiary/aromatic N) is 3. The molecule has 0 spiro atoms. The van der Waals surface area contributed by atoms with E-state index in [1.54, 1.807) is 24.3 Å². The van der Waals surface area contributed by atoms with Crippen molar-refractivity contribution in [1.29, 1.82) is 5.26 Å². The summed E-state index contributed by atoms with van der Waals surface area (Å²) in [4.78, 5) is 8.32. The van der Waals surface area contributed by atoms with Gasteiger partial charge in [0.05, 0.1) is 11.1 Å². The summed E-state index contributed by atoms with van der Waals surface area (Å²) < 4.78 is 13.3. The van der Waals surface area contributed by atoms with Crippen LogP contribution in [0.2, 0.25) is 0 Å². The highest BCUT2D eigenvalue weighted by molar-refractivity contribution is 5.92. The Hall–Kier alpha value is -3.20. The minimum absolute atomic E-state index is 0.0297. The molecule has 0 bridgehead atoms. The SMILES string of the molecule is N#Cc1cc(Nc2ncnc3ccc(N)cc23)ccc1F. The number of nitrogens with one attached hydrogen (secondary N) is 1. The maximum Gasteiger partial charge on any atom is 0.141 e. The first-order chi connectivity index (χ1) is 10.2. The molecule has 6 heteroatoms. The third-order valence-electron chi connectivity index (χ3n) is 3.01. The Labute approximate surface area is 119 Å². The predicted octanol–water partition coefficient (Wildman–Crippen LogP) is 2.97. The molecular weight excluding hydrogens is 269 g/mol. The van der Waals surface area contributed by atoms with E-state index in [2.05, 4.69) is 15.3 Å². The van der Waals surface area contributed by atoms with Gasteiger partial charge in [0, 0.05) is 16.8 Å². The zero-order valence-corrected chi connectivity index (χ0v) is 10.8. The number of rotatable bonds is 2. The van der Waals surface area contributed by atoms with E-state index >= 15 is 0 Å². The molecule has 0 aliphatic heterocycles. The van der Waals surface area contributed by atoms with Gasteiger partial charge in [-0.1, -0.05) is 0 Å². The van der Waals surface area contributed by atoms with Crippen LogP contribution >= 0.6 is 0 Å². The van der Waals surface area contributed by atoms with Crippen LogP contribution in [0.25, 0.3) is 10.9 Å². The molecule has 0 unspecified atom stereocenters. The number of hydrogen-bond donors (Lipinski definition) is 2. The third-order valence-corrected chi connectivity index (χ3v) is 3.01. The van der Waals surface area contributed by atoms with Crippen molar-refractivity contribution in [1.82, 2.24) is 9.97 Å². The Kier molecular flexibility index (Phi) is 3.09. The van der Waals surface area contributed by atoms with Gasteiger partial charge in [-0.05, 0) is 36.4 Å². The van der Waals surface area contributed by atoms with Crippen LogP contribution in [0.1, 0.15) is 5.56 Å². The molecule has 2 aromatic carbocycles. The van der Waals surface area contributed by atoms with Crippen LogP contribution in [0.4, 0.5) is 21.6 Å². The van der Waals surface area contributed by atoms with Gasteiger partial charge in [-0.2, -0.15) is 5.26 Å². The molecule has 3 rings (SSSR count). The molecule has 1 aromatic heterocycles. The van der Waals surface area contributed by atoms with E-state index in [0.29, 0.717) is 17.2 Å². The van der Waals surface area contributed by atoms with E-state index in [9.17, 15) is 4.39 Å². The molecule has 102 valence electrons. The van der Waals surface area contributed by atoms with E-state index in [1.165, 1.54) is 24.5 Å². The minimum Gasteiger partial charge on any atom is -0.399 e. The lowest BCUT2D eigenvalue weighted by Crippen LogP contribution is -1.98. The molecule has 5 nitrogen and oxygen atoms in total. The second-order valence-electron chi connectivity index (χ2n) is 4.43. The number of benzene rings is 2. The monoisotopic (exact) mass is 279 g/mol. The minimum atomic E-state index is -0.556. The van der Waals surface area contributed by atoms with Gasteiger partial charge in [0.1, 0.15) is 24.0 Å². The Morgan fingerprint density at radius 1 is 1.14 bits per heavy atom. The van der Waals surface area contributed by atoms with E-state index in [0.717, 1.165) is 10.9 Å². The molecule has 1 heterocycles. The number of nitrogens with two attached hydrogens (primary N) is 1. The average Bonchev–Trinajstić information content (AvgIpc) is 2.50. The first kappa shape index (κ1) is 12.8. The topological polar surface area (TPSA) is 87.6 Å². The number of nitriles is 1. The van der Waals surface area contributed by atoms with Gasteiger partial charge in [-0.25, -0.2) is 14.4 Å². The summed E-state index contributed by atoms with van der Waals surface area (Å²) in [6.07, 6.45) is 1.43. The smallest absolute Gasteiger partial charge is 0.141 e. The van der Waals surface area contributed by atoms with Crippen molar-refractivity contribution in [3.05, 3.63) is 54.1 Å². The highest BCUT2D eigenvalue weighted by atomic mass is 19.1. The number of halogens is 1. The van der Waals surface area contributed by atoms with E-state index in [4.69, 9.17) is 11.0 Å². The normalized spacial score (nSPS) is 10.3. The predicted molar refractivity (Wildman–Crippen MR) is 78.3 cm³/mol. The Bertz CT molecular complexity index is 870. The molecule has 0 aliphatic carbocycles. The highest BCUT2D eigenvalue weighted by Crippen LogP contribution is 2.25. The first-order valence-electron chi connectivity index (χ1n) is 6.14. The highest BCUT2D eigenvalue weighted by Gasteiger charge is 2.07. The first-order valence-corrected chi connectivity index (χ1v) is 6.14. The quantitative estimate of drug-likeness (QED) is 0.704. The van der Waals surface area contributed by atoms with Crippen LogP contribution in [-0.2, 0) is 0 Å². The number of nitrogen functional groups attached to an aromatic ring is 1. The van der Waals surface area contributed by atoms with Gasteiger partial charge in [0.25, 0.3) is 0 Å². The molecule has 3 N–H and O–H groups in total. The molecule has 0 aliphatic rings. The maximum atomic E-state index is 13.3. The van der Waals surface area contributed by atoms with E-state index in [-0.39, 0.29) is 5.56 Å². The van der Waals surface area contributed by atoms with Gasteiger partial charge < -0.3 is 11.1 Å². The van der Waals surface area contributed by atoms with Crippen LogP contribution in [-0.4, -0.2) is 9.97 Å². The number of hydrogen-bond acceptors (Lipinski definition) is 5. The summed E-state index contributed by atoms with van der Waals surface area (Å²) in [5.41, 5.74) is 7.65. The lowest BCUT2D eigenvalue weighted by atomic mass is 10.2. The average molecular weight is 279 g/mol. The van der Waals surface area contributed by atoms with Crippen molar-refractivity contribution < 1.29 is 4.39 Å². The molecule has 0 radical (unpaired) electrons. The molecule has 0 saturated heterocycles. The van der Waals surface area contributed by atoms with E-state index < -0.39 is 5.82 Å². The Morgan fingerprint density at radius 2 is 2.00 bits per heavy atom. The molecule has 3 aromatic rings. The third kappa shape index (κ3) is 2.44. The zero-order chi connectivity index (χ0) is 14.8. The van der Waals surface area contributed by atoms with Crippen LogP contribution in [0.15, 0.2) is 42.7 Å². The summed E-state index contributed by atoms with van der Waals surface area (Å²) in [6, 6.07) is 11.3. The van der Waals surface area contributed by atoms with Gasteiger partial charge in [0.15, 0.2) is 0 Å². The van der Waals surface area contributed by atoms with Gasteiger partial charge >= 0.3 is 0 Å². The maximum absolute atomic E-state index is 13.3. The van der Waals surface area contributed by atoms with Crippen molar-refractivity contribution in [3.63, 3.8) is 0 Å². The second kappa shape index (κ2) is 5.06. The lowest BCUT2D eigenvalue weighted by molar-refractivity contribution is 0.624.